The van der Waals surface area contributed by atoms with Gasteiger partial charge >= 0.3 is 0 Å². The Labute approximate surface area is 125 Å². The maximum absolute atomic E-state index is 14.1. The third-order valence-electron chi connectivity index (χ3n) is 4.26. The Morgan fingerprint density at radius 1 is 0.952 bits per heavy atom. The molecule has 1 fully saturated rings. The molecule has 110 valence electrons. The Morgan fingerprint density at radius 2 is 1.52 bits per heavy atom. The monoisotopic (exact) mass is 284 g/mol. The lowest BCUT2D eigenvalue weighted by atomic mass is 10.00. The van der Waals surface area contributed by atoms with Crippen molar-refractivity contribution in [3.8, 4) is 0 Å². The van der Waals surface area contributed by atoms with Gasteiger partial charge in [-0.1, -0.05) is 60.7 Å². The van der Waals surface area contributed by atoms with Gasteiger partial charge < -0.3 is 5.73 Å². The summed E-state index contributed by atoms with van der Waals surface area (Å²) in [4.78, 5) is 2.18. The first-order chi connectivity index (χ1) is 10.2. The number of hydrogen-bond donors (Lipinski definition) is 1. The second-order valence-corrected chi connectivity index (χ2v) is 5.77. The third-order valence-corrected chi connectivity index (χ3v) is 4.26. The van der Waals surface area contributed by atoms with Crippen LogP contribution in [-0.4, -0.2) is 29.7 Å². The molecule has 2 nitrogen and oxygen atoms in total. The Bertz CT molecular complexity index is 558. The van der Waals surface area contributed by atoms with Gasteiger partial charge in [0.15, 0.2) is 0 Å². The van der Waals surface area contributed by atoms with Gasteiger partial charge in [0.1, 0.15) is 6.17 Å². The van der Waals surface area contributed by atoms with Gasteiger partial charge in [-0.25, -0.2) is 4.39 Å². The van der Waals surface area contributed by atoms with Gasteiger partial charge in [0.05, 0.1) is 6.04 Å². The van der Waals surface area contributed by atoms with Crippen LogP contribution in [0.5, 0.6) is 0 Å². The van der Waals surface area contributed by atoms with E-state index in [1.54, 1.807) is 0 Å². The van der Waals surface area contributed by atoms with Crippen molar-refractivity contribution in [3.05, 3.63) is 71.8 Å². The number of nitrogens with zero attached hydrogens (tertiary/aromatic N) is 1. The molecule has 0 amide bonds. The van der Waals surface area contributed by atoms with E-state index in [4.69, 9.17) is 5.73 Å². The summed E-state index contributed by atoms with van der Waals surface area (Å²) in [5, 5.41) is 0. The van der Waals surface area contributed by atoms with Gasteiger partial charge in [-0.05, 0) is 17.5 Å². The van der Waals surface area contributed by atoms with E-state index in [0.717, 1.165) is 13.0 Å². The number of rotatable bonds is 4. The van der Waals surface area contributed by atoms with Crippen molar-refractivity contribution in [1.29, 1.82) is 0 Å². The third kappa shape index (κ3) is 3.31. The zero-order chi connectivity index (χ0) is 14.7. The van der Waals surface area contributed by atoms with Crippen LogP contribution in [0, 0.1) is 0 Å². The van der Waals surface area contributed by atoms with Crippen molar-refractivity contribution < 1.29 is 4.39 Å². The normalized spacial score (nSPS) is 26.1. The van der Waals surface area contributed by atoms with Crippen LogP contribution in [0.4, 0.5) is 4.39 Å². The lowest BCUT2D eigenvalue weighted by Gasteiger charge is -2.26. The summed E-state index contributed by atoms with van der Waals surface area (Å²) in [5.41, 5.74) is 8.52. The molecule has 3 unspecified atom stereocenters. The highest BCUT2D eigenvalue weighted by Gasteiger charge is 2.39. The predicted molar refractivity (Wildman–Crippen MR) is 83.7 cm³/mol. The quantitative estimate of drug-likeness (QED) is 0.935. The van der Waals surface area contributed by atoms with Crippen molar-refractivity contribution in [2.75, 3.05) is 6.54 Å². The fourth-order valence-corrected chi connectivity index (χ4v) is 3.09. The highest BCUT2D eigenvalue weighted by Crippen LogP contribution is 2.25. The summed E-state index contributed by atoms with van der Waals surface area (Å²) >= 11 is 0. The number of halogens is 1. The number of nitrogens with two attached hydrogens (primary N) is 1. The molecule has 21 heavy (non-hydrogen) atoms. The standard InChI is InChI=1S/C18H21FN2/c19-16-13-21(12-15-9-5-2-6-10-15)17(18(16)20)11-14-7-3-1-4-8-14/h1-10,16-18H,11-13,20H2. The highest BCUT2D eigenvalue weighted by atomic mass is 19.1. The Kier molecular flexibility index (Phi) is 4.32. The first kappa shape index (κ1) is 14.2. The minimum absolute atomic E-state index is 0.0580. The molecule has 2 N–H and O–H groups in total. The molecule has 3 rings (SSSR count). The minimum Gasteiger partial charge on any atom is -0.324 e. The molecule has 3 atom stereocenters. The second kappa shape index (κ2) is 6.37. The lowest BCUT2D eigenvalue weighted by molar-refractivity contribution is 0.230. The number of likely N-dealkylation sites (tertiary alicyclic amines) is 1. The Hall–Kier alpha value is -1.71. The number of benzene rings is 2. The molecule has 0 spiro atoms. The molecule has 0 aromatic heterocycles. The molecule has 0 bridgehead atoms. The fraction of sp³-hybridized carbons (Fsp3) is 0.333. The van der Waals surface area contributed by atoms with Gasteiger partial charge in [0.25, 0.3) is 0 Å². The molecule has 1 aliphatic rings. The van der Waals surface area contributed by atoms with Gasteiger partial charge in [-0.3, -0.25) is 4.90 Å². The van der Waals surface area contributed by atoms with Crippen LogP contribution in [0.3, 0.4) is 0 Å². The Morgan fingerprint density at radius 3 is 2.14 bits per heavy atom. The maximum atomic E-state index is 14.1. The zero-order valence-electron chi connectivity index (χ0n) is 12.0. The molecular weight excluding hydrogens is 263 g/mol. The van der Waals surface area contributed by atoms with Gasteiger partial charge in [0, 0.05) is 19.1 Å². The summed E-state index contributed by atoms with van der Waals surface area (Å²) in [5.74, 6) is 0. The van der Waals surface area contributed by atoms with E-state index in [1.807, 2.05) is 36.4 Å². The molecule has 0 aliphatic carbocycles. The van der Waals surface area contributed by atoms with Gasteiger partial charge in [-0.2, -0.15) is 0 Å². The first-order valence-electron chi connectivity index (χ1n) is 7.45. The van der Waals surface area contributed by atoms with Crippen molar-refractivity contribution in [2.24, 2.45) is 5.73 Å². The van der Waals surface area contributed by atoms with E-state index >= 15 is 0 Å². The second-order valence-electron chi connectivity index (χ2n) is 5.77. The van der Waals surface area contributed by atoms with E-state index in [9.17, 15) is 4.39 Å². The van der Waals surface area contributed by atoms with Crippen LogP contribution in [0.1, 0.15) is 11.1 Å². The zero-order valence-corrected chi connectivity index (χ0v) is 12.0. The SMILES string of the molecule is NC1C(F)CN(Cc2ccccc2)C1Cc1ccccc1. The van der Waals surface area contributed by atoms with Crippen molar-refractivity contribution >= 4 is 0 Å². The molecule has 1 heterocycles. The molecule has 0 saturated carbocycles. The van der Waals surface area contributed by atoms with Crippen LogP contribution >= 0.6 is 0 Å². The summed E-state index contributed by atoms with van der Waals surface area (Å²) in [6, 6.07) is 20.0. The molecular formula is C18H21FN2. The smallest absolute Gasteiger partial charge is 0.129 e. The summed E-state index contributed by atoms with van der Waals surface area (Å²) in [6.45, 7) is 1.18. The van der Waals surface area contributed by atoms with Crippen LogP contribution in [-0.2, 0) is 13.0 Å². The maximum Gasteiger partial charge on any atom is 0.129 e. The first-order valence-corrected chi connectivity index (χ1v) is 7.45. The molecule has 2 aromatic carbocycles. The molecule has 0 radical (unpaired) electrons. The van der Waals surface area contributed by atoms with E-state index in [0.29, 0.717) is 6.54 Å². The van der Waals surface area contributed by atoms with Gasteiger partial charge in [0.2, 0.25) is 0 Å². The fourth-order valence-electron chi connectivity index (χ4n) is 3.09. The van der Waals surface area contributed by atoms with E-state index in [1.165, 1.54) is 11.1 Å². The molecule has 1 aliphatic heterocycles. The summed E-state index contributed by atoms with van der Waals surface area (Å²) in [6.07, 6.45) is -0.141. The highest BCUT2D eigenvalue weighted by molar-refractivity contribution is 5.19. The minimum atomic E-state index is -0.942. The summed E-state index contributed by atoms with van der Waals surface area (Å²) in [7, 11) is 0. The topological polar surface area (TPSA) is 29.3 Å². The van der Waals surface area contributed by atoms with Crippen molar-refractivity contribution in [3.63, 3.8) is 0 Å². The van der Waals surface area contributed by atoms with Gasteiger partial charge in [-0.15, -0.1) is 0 Å². The van der Waals surface area contributed by atoms with E-state index in [2.05, 4.69) is 29.2 Å². The molecule has 1 saturated heterocycles. The van der Waals surface area contributed by atoms with E-state index in [-0.39, 0.29) is 6.04 Å². The number of hydrogen-bond acceptors (Lipinski definition) is 2. The van der Waals surface area contributed by atoms with Crippen LogP contribution in [0.2, 0.25) is 0 Å². The van der Waals surface area contributed by atoms with Crippen molar-refractivity contribution in [1.82, 2.24) is 4.90 Å². The average Bonchev–Trinajstić information content (AvgIpc) is 2.77. The molecule has 2 aromatic rings. The largest absolute Gasteiger partial charge is 0.324 e. The Balaban J connectivity index is 1.75. The van der Waals surface area contributed by atoms with Crippen LogP contribution in [0.25, 0.3) is 0 Å². The van der Waals surface area contributed by atoms with Crippen LogP contribution < -0.4 is 5.73 Å². The number of alkyl halides is 1. The van der Waals surface area contributed by atoms with Crippen molar-refractivity contribution in [2.45, 2.75) is 31.2 Å². The molecule has 3 heteroatoms. The van der Waals surface area contributed by atoms with Crippen LogP contribution in [0.15, 0.2) is 60.7 Å². The van der Waals surface area contributed by atoms with E-state index < -0.39 is 12.2 Å². The average molecular weight is 284 g/mol. The lowest BCUT2D eigenvalue weighted by Crippen LogP contribution is -2.42. The summed E-state index contributed by atoms with van der Waals surface area (Å²) < 4.78 is 14.1. The predicted octanol–water partition coefficient (Wildman–Crippen LogP) is 2.78.